The standard InChI is InChI=1S/C12H8Cl2N2O6S/c13-7-1-3-11(9(5-7)15(17)18)23(21,22)12-4-2-8(14)6-10(12)16(19)20/h1-6,17,19H/q-2. The van der Waals surface area contributed by atoms with Crippen LogP contribution in [0.5, 0.6) is 0 Å². The van der Waals surface area contributed by atoms with E-state index in [0.717, 1.165) is 24.3 Å². The fourth-order valence-corrected chi connectivity index (χ4v) is 3.74. The van der Waals surface area contributed by atoms with Crippen LogP contribution in [-0.2, 0) is 9.84 Å². The molecule has 11 heteroatoms. The van der Waals surface area contributed by atoms with Gasteiger partial charge < -0.3 is 20.9 Å². The molecular weight excluding hydrogens is 371 g/mol. The van der Waals surface area contributed by atoms with E-state index in [9.17, 15) is 18.8 Å². The molecule has 0 fully saturated rings. The van der Waals surface area contributed by atoms with Crippen LogP contribution in [0.3, 0.4) is 0 Å². The molecule has 0 atom stereocenters. The molecule has 0 aliphatic carbocycles. The molecule has 124 valence electrons. The third-order valence-electron chi connectivity index (χ3n) is 2.83. The van der Waals surface area contributed by atoms with Crippen LogP contribution in [0.2, 0.25) is 10.0 Å². The Bertz CT molecular complexity index is 778. The summed E-state index contributed by atoms with van der Waals surface area (Å²) in [6, 6.07) is 6.21. The number of rotatable bonds is 4. The van der Waals surface area contributed by atoms with Crippen molar-refractivity contribution in [2.24, 2.45) is 0 Å². The van der Waals surface area contributed by atoms with Gasteiger partial charge >= 0.3 is 0 Å². The first kappa shape index (κ1) is 17.8. The van der Waals surface area contributed by atoms with Crippen LogP contribution in [0, 0.1) is 10.4 Å². The summed E-state index contributed by atoms with van der Waals surface area (Å²) in [4.78, 5) is -1.21. The van der Waals surface area contributed by atoms with Crippen molar-refractivity contribution in [1.82, 2.24) is 0 Å². The molecule has 0 aliphatic heterocycles. The second kappa shape index (κ2) is 6.49. The molecule has 0 aliphatic rings. The van der Waals surface area contributed by atoms with E-state index in [0.29, 0.717) is 0 Å². The molecule has 2 rings (SSSR count). The molecule has 8 nitrogen and oxygen atoms in total. The lowest BCUT2D eigenvalue weighted by Crippen LogP contribution is -2.16. The maximum atomic E-state index is 12.7. The van der Waals surface area contributed by atoms with Gasteiger partial charge in [-0.25, -0.2) is 8.42 Å². The van der Waals surface area contributed by atoms with Gasteiger partial charge in [0, 0.05) is 10.0 Å². The van der Waals surface area contributed by atoms with Crippen LogP contribution in [0.4, 0.5) is 11.4 Å². The smallest absolute Gasteiger partial charge is 0.210 e. The van der Waals surface area contributed by atoms with Crippen molar-refractivity contribution in [3.63, 3.8) is 0 Å². The van der Waals surface area contributed by atoms with E-state index in [1.807, 2.05) is 0 Å². The average Bonchev–Trinajstić information content (AvgIpc) is 2.46. The van der Waals surface area contributed by atoms with Crippen LogP contribution in [0.15, 0.2) is 46.2 Å². The number of halogens is 2. The Balaban J connectivity index is 2.74. The normalized spacial score (nSPS) is 11.4. The van der Waals surface area contributed by atoms with Gasteiger partial charge in [-0.3, -0.25) is 10.4 Å². The minimum absolute atomic E-state index is 0.0118. The van der Waals surface area contributed by atoms with Gasteiger partial charge in [0.05, 0.1) is 21.2 Å². The second-order valence-electron chi connectivity index (χ2n) is 4.27. The topological polar surface area (TPSA) is 127 Å². The van der Waals surface area contributed by atoms with Crippen LogP contribution >= 0.6 is 23.2 Å². The summed E-state index contributed by atoms with van der Waals surface area (Å²) in [5.41, 5.74) is -1.29. The van der Waals surface area contributed by atoms with Gasteiger partial charge in [0.2, 0.25) is 9.84 Å². The molecule has 0 bridgehead atoms. The summed E-state index contributed by atoms with van der Waals surface area (Å²) in [5, 5.41) is 39.2. The molecule has 0 amide bonds. The first-order valence-corrected chi connectivity index (χ1v) is 8.05. The van der Waals surface area contributed by atoms with E-state index in [-0.39, 0.29) is 10.0 Å². The first-order chi connectivity index (χ1) is 10.6. The Labute approximate surface area is 140 Å². The highest BCUT2D eigenvalue weighted by molar-refractivity contribution is 7.91. The van der Waals surface area contributed by atoms with E-state index < -0.39 is 41.5 Å². The van der Waals surface area contributed by atoms with Gasteiger partial charge in [-0.1, -0.05) is 23.2 Å². The molecule has 0 spiro atoms. The number of anilines is 2. The minimum atomic E-state index is -4.44. The predicted molar refractivity (Wildman–Crippen MR) is 83.6 cm³/mol. The van der Waals surface area contributed by atoms with Crippen LogP contribution in [0.1, 0.15) is 0 Å². The fraction of sp³-hybridized carbons (Fsp3) is 0. The largest absolute Gasteiger partial charge is 0.733 e. The van der Waals surface area contributed by atoms with E-state index in [2.05, 4.69) is 0 Å². The van der Waals surface area contributed by atoms with Crippen molar-refractivity contribution < 1.29 is 18.8 Å². The Morgan fingerprint density at radius 2 is 1.17 bits per heavy atom. The lowest BCUT2D eigenvalue weighted by Gasteiger charge is -2.27. The molecular formula is C12H8Cl2N2O6S-2. The summed E-state index contributed by atoms with van der Waals surface area (Å²) < 4.78 is 25.3. The Morgan fingerprint density at radius 1 is 0.826 bits per heavy atom. The second-order valence-corrected chi connectivity index (χ2v) is 7.03. The van der Waals surface area contributed by atoms with Gasteiger partial charge in [-0.05, 0) is 36.4 Å². The van der Waals surface area contributed by atoms with Gasteiger partial charge in [0.15, 0.2) is 0 Å². The van der Waals surface area contributed by atoms with Gasteiger partial charge in [0.1, 0.15) is 0 Å². The zero-order valence-electron chi connectivity index (χ0n) is 11.1. The number of hydrogen-bond acceptors (Lipinski definition) is 8. The highest BCUT2D eigenvalue weighted by atomic mass is 35.5. The quantitative estimate of drug-likeness (QED) is 0.776. The monoisotopic (exact) mass is 378 g/mol. The van der Waals surface area contributed by atoms with Crippen molar-refractivity contribution in [2.45, 2.75) is 9.79 Å². The highest BCUT2D eigenvalue weighted by Crippen LogP contribution is 2.36. The molecule has 0 saturated heterocycles. The highest BCUT2D eigenvalue weighted by Gasteiger charge is 2.26. The number of sulfone groups is 1. The maximum Gasteiger partial charge on any atom is 0.210 e. The summed E-state index contributed by atoms with van der Waals surface area (Å²) in [5.74, 6) is 0. The number of benzene rings is 2. The molecule has 0 radical (unpaired) electrons. The fourth-order valence-electron chi connectivity index (χ4n) is 1.85. The molecule has 0 unspecified atom stereocenters. The third kappa shape index (κ3) is 3.51. The SMILES string of the molecule is O=S(=O)(c1ccc(Cl)cc1N([O-])O)c1ccc(Cl)cc1N([O-])O. The summed E-state index contributed by atoms with van der Waals surface area (Å²) in [6.07, 6.45) is 0. The van der Waals surface area contributed by atoms with Crippen LogP contribution < -0.4 is 10.5 Å². The van der Waals surface area contributed by atoms with Crippen molar-refractivity contribution in [2.75, 3.05) is 10.5 Å². The lowest BCUT2D eigenvalue weighted by molar-refractivity contribution is 0.294. The Morgan fingerprint density at radius 3 is 1.48 bits per heavy atom. The number of hydrogen-bond donors (Lipinski definition) is 2. The van der Waals surface area contributed by atoms with E-state index in [1.54, 1.807) is 0 Å². The van der Waals surface area contributed by atoms with Gasteiger partial charge in [-0.15, -0.1) is 0 Å². The van der Waals surface area contributed by atoms with Crippen LogP contribution in [0.25, 0.3) is 0 Å². The molecule has 2 aromatic rings. The van der Waals surface area contributed by atoms with Crippen molar-refractivity contribution in [3.05, 3.63) is 56.9 Å². The lowest BCUT2D eigenvalue weighted by atomic mass is 10.3. The van der Waals surface area contributed by atoms with Crippen molar-refractivity contribution >= 4 is 44.4 Å². The molecule has 0 saturated carbocycles. The zero-order valence-corrected chi connectivity index (χ0v) is 13.4. The minimum Gasteiger partial charge on any atom is -0.733 e. The molecule has 0 aromatic heterocycles. The maximum absolute atomic E-state index is 12.7. The van der Waals surface area contributed by atoms with Crippen molar-refractivity contribution in [3.8, 4) is 0 Å². The van der Waals surface area contributed by atoms with Gasteiger partial charge in [-0.2, -0.15) is 0 Å². The molecule has 2 N–H and O–H groups in total. The Kier molecular flexibility index (Phi) is 5.01. The van der Waals surface area contributed by atoms with E-state index >= 15 is 0 Å². The van der Waals surface area contributed by atoms with E-state index in [1.165, 1.54) is 12.1 Å². The van der Waals surface area contributed by atoms with Crippen molar-refractivity contribution in [1.29, 1.82) is 0 Å². The molecule has 0 heterocycles. The average molecular weight is 379 g/mol. The predicted octanol–water partition coefficient (Wildman–Crippen LogP) is 3.21. The summed E-state index contributed by atoms with van der Waals surface area (Å²) in [7, 11) is -4.44. The van der Waals surface area contributed by atoms with E-state index in [4.69, 9.17) is 33.6 Å². The summed E-state index contributed by atoms with van der Waals surface area (Å²) in [6.45, 7) is 0. The Hall–Kier alpha value is -1.59. The first-order valence-electron chi connectivity index (χ1n) is 5.81. The molecule has 2 aromatic carbocycles. The summed E-state index contributed by atoms with van der Waals surface area (Å²) >= 11 is 11.3. The zero-order chi connectivity index (χ0) is 17.4. The van der Waals surface area contributed by atoms with Gasteiger partial charge in [0.25, 0.3) is 0 Å². The van der Waals surface area contributed by atoms with Crippen LogP contribution in [-0.4, -0.2) is 18.8 Å². The third-order valence-corrected chi connectivity index (χ3v) is 5.15. The number of nitrogens with zero attached hydrogens (tertiary/aromatic N) is 2. The molecule has 23 heavy (non-hydrogen) atoms.